The first kappa shape index (κ1) is 31.4. The summed E-state index contributed by atoms with van der Waals surface area (Å²) >= 11 is 0. The fourth-order valence-electron chi connectivity index (χ4n) is 4.63. The van der Waals surface area contributed by atoms with Crippen molar-refractivity contribution in [2.75, 3.05) is 10.8 Å². The van der Waals surface area contributed by atoms with Crippen LogP contribution in [0.15, 0.2) is 120 Å². The zero-order chi connectivity index (χ0) is 30.8. The van der Waals surface area contributed by atoms with Gasteiger partial charge in [-0.05, 0) is 60.9 Å². The highest BCUT2D eigenvalue weighted by molar-refractivity contribution is 7.92. The predicted octanol–water partition coefficient (Wildman–Crippen LogP) is 5.58. The first-order valence-corrected chi connectivity index (χ1v) is 15.6. The number of hydrogen-bond acceptors (Lipinski definition) is 4. The highest BCUT2D eigenvalue weighted by Crippen LogP contribution is 2.25. The molecule has 2 amide bonds. The van der Waals surface area contributed by atoms with Gasteiger partial charge in [0.1, 0.15) is 18.4 Å². The molecule has 9 heteroatoms. The van der Waals surface area contributed by atoms with E-state index >= 15 is 0 Å². The Bertz CT molecular complexity index is 1590. The predicted molar refractivity (Wildman–Crippen MR) is 166 cm³/mol. The molecule has 0 aliphatic rings. The van der Waals surface area contributed by atoms with Crippen LogP contribution in [0.5, 0.6) is 0 Å². The Morgan fingerprint density at radius 3 is 1.88 bits per heavy atom. The van der Waals surface area contributed by atoms with E-state index in [1.807, 2.05) is 74.5 Å². The van der Waals surface area contributed by atoms with Crippen LogP contribution in [0.25, 0.3) is 0 Å². The molecule has 0 spiro atoms. The molecule has 0 saturated carbocycles. The molecule has 4 aromatic carbocycles. The van der Waals surface area contributed by atoms with Gasteiger partial charge in [0.05, 0.1) is 10.6 Å². The van der Waals surface area contributed by atoms with E-state index in [-0.39, 0.29) is 35.5 Å². The molecule has 4 rings (SSSR count). The third kappa shape index (κ3) is 8.29. The average molecular weight is 602 g/mol. The Labute approximate surface area is 253 Å². The third-order valence-electron chi connectivity index (χ3n) is 7.19. The van der Waals surface area contributed by atoms with Gasteiger partial charge < -0.3 is 10.2 Å². The van der Waals surface area contributed by atoms with Crippen molar-refractivity contribution in [3.63, 3.8) is 0 Å². The van der Waals surface area contributed by atoms with Gasteiger partial charge in [-0.25, -0.2) is 12.8 Å². The van der Waals surface area contributed by atoms with E-state index in [4.69, 9.17) is 0 Å². The minimum atomic E-state index is -4.28. The fraction of sp³-hybridized carbons (Fsp3) is 0.235. The Balaban J connectivity index is 1.77. The topological polar surface area (TPSA) is 86.8 Å². The molecule has 7 nitrogen and oxygen atoms in total. The molecule has 0 unspecified atom stereocenters. The van der Waals surface area contributed by atoms with E-state index in [1.54, 1.807) is 30.3 Å². The minimum Gasteiger partial charge on any atom is -0.352 e. The summed E-state index contributed by atoms with van der Waals surface area (Å²) in [6.07, 6.45) is 0.936. The Hall–Kier alpha value is -4.50. The number of nitrogens with one attached hydrogen (secondary N) is 1. The van der Waals surface area contributed by atoms with E-state index in [0.29, 0.717) is 6.42 Å². The minimum absolute atomic E-state index is 0.0876. The molecule has 0 fully saturated rings. The quantitative estimate of drug-likeness (QED) is 0.217. The van der Waals surface area contributed by atoms with Crippen molar-refractivity contribution in [1.29, 1.82) is 0 Å². The van der Waals surface area contributed by atoms with E-state index in [0.717, 1.165) is 27.6 Å². The zero-order valence-electron chi connectivity index (χ0n) is 24.3. The summed E-state index contributed by atoms with van der Waals surface area (Å²) in [6, 6.07) is 30.4. The molecule has 2 atom stereocenters. The van der Waals surface area contributed by atoms with Crippen LogP contribution in [0.3, 0.4) is 0 Å². The van der Waals surface area contributed by atoms with Gasteiger partial charge in [0.2, 0.25) is 11.8 Å². The normalized spacial score (nSPS) is 12.6. The van der Waals surface area contributed by atoms with Gasteiger partial charge in [-0.3, -0.25) is 13.9 Å². The molecule has 43 heavy (non-hydrogen) atoms. The summed E-state index contributed by atoms with van der Waals surface area (Å²) in [5.74, 6) is -1.46. The van der Waals surface area contributed by atoms with Crippen LogP contribution in [0.1, 0.15) is 31.4 Å². The lowest BCUT2D eigenvalue weighted by Gasteiger charge is -2.34. The van der Waals surface area contributed by atoms with Crippen LogP contribution in [0.2, 0.25) is 0 Å². The second-order valence-corrected chi connectivity index (χ2v) is 12.2. The van der Waals surface area contributed by atoms with Crippen molar-refractivity contribution in [2.45, 2.75) is 50.2 Å². The molecule has 0 heterocycles. The summed E-state index contributed by atoms with van der Waals surface area (Å²) in [4.78, 5) is 29.4. The van der Waals surface area contributed by atoms with Crippen molar-refractivity contribution >= 4 is 27.5 Å². The SMILES string of the molecule is CC[C@H](C)NC(=O)[C@@H](Cc1ccccc1)N(Cc1ccccc1)C(=O)CN(c1ccccc1)S(=O)(=O)c1ccc(F)cc1. The molecule has 0 bridgehead atoms. The van der Waals surface area contributed by atoms with Gasteiger partial charge in [-0.2, -0.15) is 0 Å². The van der Waals surface area contributed by atoms with E-state index in [2.05, 4.69) is 5.32 Å². The fourth-order valence-corrected chi connectivity index (χ4v) is 6.05. The van der Waals surface area contributed by atoms with Crippen LogP contribution in [0.4, 0.5) is 10.1 Å². The second kappa shape index (κ2) is 14.6. The molecule has 0 aliphatic carbocycles. The zero-order valence-corrected chi connectivity index (χ0v) is 25.1. The number of nitrogens with zero attached hydrogens (tertiary/aromatic N) is 2. The molecular weight excluding hydrogens is 565 g/mol. The standard InChI is InChI=1S/C34H36FN3O4S/c1-3-26(2)36-34(40)32(23-27-13-7-4-8-14-27)37(24-28-15-9-5-10-16-28)33(39)25-38(30-17-11-6-12-18-30)43(41,42)31-21-19-29(35)20-22-31/h4-22,26,32H,3,23-25H2,1-2H3,(H,36,40)/t26-,32+/m0/s1. The Kier molecular flexibility index (Phi) is 10.7. The maximum Gasteiger partial charge on any atom is 0.264 e. The molecular formula is C34H36FN3O4S. The highest BCUT2D eigenvalue weighted by Gasteiger charge is 2.34. The summed E-state index contributed by atoms with van der Waals surface area (Å²) in [6.45, 7) is 3.37. The van der Waals surface area contributed by atoms with Crippen molar-refractivity contribution in [3.8, 4) is 0 Å². The maximum absolute atomic E-state index is 14.3. The van der Waals surface area contributed by atoms with Gasteiger partial charge in [0, 0.05) is 19.0 Å². The monoisotopic (exact) mass is 601 g/mol. The van der Waals surface area contributed by atoms with E-state index in [9.17, 15) is 22.4 Å². The molecule has 0 aromatic heterocycles. The van der Waals surface area contributed by atoms with Crippen LogP contribution in [0, 0.1) is 5.82 Å². The number of para-hydroxylation sites is 1. The summed E-state index contributed by atoms with van der Waals surface area (Å²) in [5.41, 5.74) is 1.91. The van der Waals surface area contributed by atoms with E-state index < -0.39 is 34.3 Å². The van der Waals surface area contributed by atoms with Gasteiger partial charge in [0.25, 0.3) is 10.0 Å². The van der Waals surface area contributed by atoms with Gasteiger partial charge in [-0.15, -0.1) is 0 Å². The van der Waals surface area contributed by atoms with Crippen molar-refractivity contribution in [2.24, 2.45) is 0 Å². The van der Waals surface area contributed by atoms with Crippen molar-refractivity contribution in [1.82, 2.24) is 10.2 Å². The van der Waals surface area contributed by atoms with Crippen molar-refractivity contribution < 1.29 is 22.4 Å². The van der Waals surface area contributed by atoms with Crippen LogP contribution >= 0.6 is 0 Å². The number of rotatable bonds is 13. The lowest BCUT2D eigenvalue weighted by Crippen LogP contribution is -2.54. The maximum atomic E-state index is 14.3. The number of amides is 2. The first-order chi connectivity index (χ1) is 20.7. The molecule has 4 aromatic rings. The number of sulfonamides is 1. The first-order valence-electron chi connectivity index (χ1n) is 14.2. The van der Waals surface area contributed by atoms with Crippen LogP contribution < -0.4 is 9.62 Å². The molecule has 0 saturated heterocycles. The van der Waals surface area contributed by atoms with E-state index in [1.165, 1.54) is 17.0 Å². The lowest BCUT2D eigenvalue weighted by atomic mass is 10.0. The average Bonchev–Trinajstić information content (AvgIpc) is 3.02. The number of carbonyl (C=O) groups excluding carboxylic acids is 2. The summed E-state index contributed by atoms with van der Waals surface area (Å²) < 4.78 is 42.5. The number of benzene rings is 4. The second-order valence-electron chi connectivity index (χ2n) is 10.3. The molecule has 0 radical (unpaired) electrons. The van der Waals surface area contributed by atoms with Gasteiger partial charge in [0.15, 0.2) is 0 Å². The van der Waals surface area contributed by atoms with Crippen molar-refractivity contribution in [3.05, 3.63) is 132 Å². The van der Waals surface area contributed by atoms with Crippen LogP contribution in [-0.4, -0.2) is 43.8 Å². The summed E-state index contributed by atoms with van der Waals surface area (Å²) in [7, 11) is -4.28. The number of carbonyl (C=O) groups is 2. The van der Waals surface area contributed by atoms with Crippen LogP contribution in [-0.2, 0) is 32.6 Å². The largest absolute Gasteiger partial charge is 0.352 e. The van der Waals surface area contributed by atoms with Gasteiger partial charge in [-0.1, -0.05) is 85.8 Å². The molecule has 0 aliphatic heterocycles. The Morgan fingerprint density at radius 2 is 1.33 bits per heavy atom. The number of anilines is 1. The number of hydrogen-bond donors (Lipinski definition) is 1. The number of halogens is 1. The third-order valence-corrected chi connectivity index (χ3v) is 8.98. The Morgan fingerprint density at radius 1 is 0.791 bits per heavy atom. The highest BCUT2D eigenvalue weighted by atomic mass is 32.2. The molecule has 224 valence electrons. The van der Waals surface area contributed by atoms with Gasteiger partial charge >= 0.3 is 0 Å². The smallest absolute Gasteiger partial charge is 0.264 e. The summed E-state index contributed by atoms with van der Waals surface area (Å²) in [5, 5.41) is 3.02. The lowest BCUT2D eigenvalue weighted by molar-refractivity contribution is -0.140. The molecule has 1 N–H and O–H groups in total.